The first-order valence-electron chi connectivity index (χ1n) is 7.14. The number of fused-ring (bicyclic) bond motifs is 1. The third-order valence-electron chi connectivity index (χ3n) is 3.65. The van der Waals surface area contributed by atoms with E-state index >= 15 is 0 Å². The molecule has 1 aliphatic rings. The summed E-state index contributed by atoms with van der Waals surface area (Å²) in [6, 6.07) is 3.32. The molecular weight excluding hydrogens is 316 g/mol. The molecule has 0 unspecified atom stereocenters. The summed E-state index contributed by atoms with van der Waals surface area (Å²) >= 11 is 0. The van der Waals surface area contributed by atoms with Crippen LogP contribution in [0.1, 0.15) is 23.9 Å². The Labute approximate surface area is 136 Å². The Morgan fingerprint density at radius 3 is 2.92 bits per heavy atom. The third-order valence-corrected chi connectivity index (χ3v) is 3.65. The van der Waals surface area contributed by atoms with Crippen LogP contribution in [0, 0.1) is 24.0 Å². The van der Waals surface area contributed by atoms with Crippen LogP contribution in [0.3, 0.4) is 0 Å². The molecule has 124 valence electrons. The number of anilines is 2. The van der Waals surface area contributed by atoms with Gasteiger partial charge < -0.3 is 5.32 Å². The first kappa shape index (κ1) is 15.6. The number of nitro benzene ring substituents is 1. The minimum atomic E-state index is -0.867. The molecule has 10 heteroatoms. The number of carbonyl (C=O) groups is 2. The van der Waals surface area contributed by atoms with Crippen molar-refractivity contribution in [2.24, 2.45) is 0 Å². The highest BCUT2D eigenvalue weighted by Crippen LogP contribution is 2.26. The van der Waals surface area contributed by atoms with Crippen molar-refractivity contribution >= 4 is 29.1 Å². The van der Waals surface area contributed by atoms with Gasteiger partial charge in [-0.05, 0) is 19.4 Å². The van der Waals surface area contributed by atoms with E-state index in [1.807, 2.05) is 0 Å². The topological polar surface area (TPSA) is 132 Å². The van der Waals surface area contributed by atoms with Crippen LogP contribution >= 0.6 is 0 Å². The van der Waals surface area contributed by atoms with Gasteiger partial charge in [0, 0.05) is 12.1 Å². The highest BCUT2D eigenvalue weighted by atomic mass is 16.6. The summed E-state index contributed by atoms with van der Waals surface area (Å²) in [4.78, 5) is 38.7. The lowest BCUT2D eigenvalue weighted by molar-refractivity contribution is -0.384. The van der Waals surface area contributed by atoms with Crippen molar-refractivity contribution in [3.05, 3.63) is 39.7 Å². The fourth-order valence-corrected chi connectivity index (χ4v) is 2.45. The van der Waals surface area contributed by atoms with Gasteiger partial charge in [0.1, 0.15) is 11.9 Å². The molecule has 24 heavy (non-hydrogen) atoms. The molecule has 1 aromatic carbocycles. The molecule has 2 N–H and O–H groups in total. The van der Waals surface area contributed by atoms with Crippen molar-refractivity contribution in [3.8, 4) is 0 Å². The van der Waals surface area contributed by atoms with Gasteiger partial charge in [0.2, 0.25) is 17.8 Å². The Hall–Kier alpha value is -3.30. The Balaban J connectivity index is 1.89. The minimum Gasteiger partial charge on any atom is -0.324 e. The van der Waals surface area contributed by atoms with Gasteiger partial charge in [0.25, 0.3) is 5.69 Å². The Morgan fingerprint density at radius 1 is 1.46 bits per heavy atom. The van der Waals surface area contributed by atoms with E-state index in [1.165, 1.54) is 16.8 Å². The molecule has 10 nitrogen and oxygen atoms in total. The summed E-state index contributed by atoms with van der Waals surface area (Å²) in [7, 11) is 0. The molecule has 0 radical (unpaired) electrons. The molecule has 1 aliphatic heterocycles. The van der Waals surface area contributed by atoms with E-state index in [1.54, 1.807) is 19.9 Å². The number of nitro groups is 1. The minimum absolute atomic E-state index is 0.0877. The van der Waals surface area contributed by atoms with Gasteiger partial charge >= 0.3 is 0 Å². The van der Waals surface area contributed by atoms with Crippen molar-refractivity contribution in [3.63, 3.8) is 0 Å². The Bertz CT molecular complexity index is 859. The lowest BCUT2D eigenvalue weighted by Gasteiger charge is -2.22. The summed E-state index contributed by atoms with van der Waals surface area (Å²) in [5.74, 6) is -0.193. The molecule has 1 atom stereocenters. The largest absolute Gasteiger partial charge is 0.324 e. The fourth-order valence-electron chi connectivity index (χ4n) is 2.45. The number of non-ortho nitro benzene ring substituents is 1. The van der Waals surface area contributed by atoms with E-state index in [4.69, 9.17) is 0 Å². The number of nitrogens with one attached hydrogen (secondary N) is 2. The molecule has 2 aromatic rings. The van der Waals surface area contributed by atoms with E-state index in [9.17, 15) is 19.7 Å². The Kier molecular flexibility index (Phi) is 3.72. The van der Waals surface area contributed by atoms with Crippen LogP contribution in [-0.2, 0) is 9.59 Å². The maximum atomic E-state index is 12.6. The zero-order chi connectivity index (χ0) is 17.4. The highest BCUT2D eigenvalue weighted by Gasteiger charge is 2.33. The van der Waals surface area contributed by atoms with Crippen LogP contribution < -0.4 is 10.6 Å². The van der Waals surface area contributed by atoms with Crippen molar-refractivity contribution in [1.29, 1.82) is 0 Å². The number of hydrogen-bond donors (Lipinski definition) is 2. The van der Waals surface area contributed by atoms with Crippen LogP contribution in [-0.4, -0.2) is 31.5 Å². The molecular formula is C14H14N6O4. The SMILES string of the molecule is Cc1nc2n(n1)[C@@H](C(=O)Nc1cc([N+](=O)[O-])ccc1C)CC(=O)N2. The zero-order valence-electron chi connectivity index (χ0n) is 12.9. The Morgan fingerprint density at radius 2 is 2.21 bits per heavy atom. The summed E-state index contributed by atoms with van der Waals surface area (Å²) in [6.45, 7) is 3.37. The molecule has 0 bridgehead atoms. The third kappa shape index (κ3) is 2.81. The van der Waals surface area contributed by atoms with Gasteiger partial charge in [-0.3, -0.25) is 25.0 Å². The maximum absolute atomic E-state index is 12.6. The van der Waals surface area contributed by atoms with Crippen molar-refractivity contribution < 1.29 is 14.5 Å². The fraction of sp³-hybridized carbons (Fsp3) is 0.286. The van der Waals surface area contributed by atoms with Crippen molar-refractivity contribution in [2.45, 2.75) is 26.3 Å². The number of aromatic nitrogens is 3. The van der Waals surface area contributed by atoms with E-state index in [0.29, 0.717) is 17.1 Å². The number of hydrogen-bond acceptors (Lipinski definition) is 6. The molecule has 2 heterocycles. The van der Waals surface area contributed by atoms with E-state index in [-0.39, 0.29) is 24.0 Å². The predicted octanol–water partition coefficient (Wildman–Crippen LogP) is 1.33. The summed E-state index contributed by atoms with van der Waals surface area (Å²) < 4.78 is 1.35. The van der Waals surface area contributed by atoms with Crippen molar-refractivity contribution in [2.75, 3.05) is 10.6 Å². The molecule has 0 fully saturated rings. The van der Waals surface area contributed by atoms with Gasteiger partial charge in [-0.25, -0.2) is 4.68 Å². The van der Waals surface area contributed by atoms with Crippen LogP contribution in [0.15, 0.2) is 18.2 Å². The molecule has 0 spiro atoms. The second kappa shape index (κ2) is 5.72. The standard InChI is InChI=1S/C14H14N6O4/c1-7-3-4-9(20(23)24)5-10(7)16-13(22)11-6-12(21)17-14-15-8(2)18-19(11)14/h3-5,11H,6H2,1-2H3,(H,16,22)(H,15,17,18,21)/t11-/m1/s1. The number of aryl methyl sites for hydroxylation is 2. The van der Waals surface area contributed by atoms with Crippen LogP contribution in [0.5, 0.6) is 0 Å². The summed E-state index contributed by atoms with van der Waals surface area (Å²) in [6.07, 6.45) is -0.0877. The normalized spacial score (nSPS) is 16.2. The summed E-state index contributed by atoms with van der Waals surface area (Å²) in [5, 5.41) is 20.2. The van der Waals surface area contributed by atoms with Gasteiger partial charge in [-0.2, -0.15) is 10.1 Å². The molecule has 3 rings (SSSR count). The molecule has 0 saturated carbocycles. The van der Waals surface area contributed by atoms with E-state index in [0.717, 1.165) is 0 Å². The average Bonchev–Trinajstić information content (AvgIpc) is 2.88. The second-order valence-corrected chi connectivity index (χ2v) is 5.44. The van der Waals surface area contributed by atoms with E-state index in [2.05, 4.69) is 20.7 Å². The molecule has 0 aliphatic carbocycles. The molecule has 1 aromatic heterocycles. The maximum Gasteiger partial charge on any atom is 0.271 e. The number of nitrogens with zero attached hydrogens (tertiary/aromatic N) is 4. The molecule has 0 saturated heterocycles. The quantitative estimate of drug-likeness (QED) is 0.644. The first-order valence-corrected chi connectivity index (χ1v) is 7.14. The van der Waals surface area contributed by atoms with E-state index < -0.39 is 16.9 Å². The van der Waals surface area contributed by atoms with Crippen molar-refractivity contribution in [1.82, 2.24) is 14.8 Å². The number of benzene rings is 1. The lowest BCUT2D eigenvalue weighted by Crippen LogP contribution is -2.36. The lowest BCUT2D eigenvalue weighted by atomic mass is 10.1. The van der Waals surface area contributed by atoms with Gasteiger partial charge in [0.05, 0.1) is 17.0 Å². The van der Waals surface area contributed by atoms with Crippen LogP contribution in [0.25, 0.3) is 0 Å². The van der Waals surface area contributed by atoms with Gasteiger partial charge in [0.15, 0.2) is 0 Å². The second-order valence-electron chi connectivity index (χ2n) is 5.44. The predicted molar refractivity (Wildman–Crippen MR) is 83.5 cm³/mol. The van der Waals surface area contributed by atoms with Gasteiger partial charge in [-0.15, -0.1) is 0 Å². The number of carbonyl (C=O) groups excluding carboxylic acids is 2. The van der Waals surface area contributed by atoms with Crippen LogP contribution in [0.4, 0.5) is 17.3 Å². The first-order chi connectivity index (χ1) is 11.3. The zero-order valence-corrected chi connectivity index (χ0v) is 12.9. The number of rotatable bonds is 3. The highest BCUT2D eigenvalue weighted by molar-refractivity contribution is 6.01. The van der Waals surface area contributed by atoms with Crippen LogP contribution in [0.2, 0.25) is 0 Å². The average molecular weight is 330 g/mol. The smallest absolute Gasteiger partial charge is 0.271 e. The number of amides is 2. The summed E-state index contributed by atoms with van der Waals surface area (Å²) in [5.41, 5.74) is 0.859. The molecule has 2 amide bonds. The monoisotopic (exact) mass is 330 g/mol. The van der Waals surface area contributed by atoms with Gasteiger partial charge in [-0.1, -0.05) is 6.07 Å².